The molecule has 3 aliphatic rings. The Morgan fingerprint density at radius 1 is 0.929 bits per heavy atom. The fourth-order valence-electron chi connectivity index (χ4n) is 4.91. The van der Waals surface area contributed by atoms with Crippen LogP contribution in [0.3, 0.4) is 0 Å². The van der Waals surface area contributed by atoms with Gasteiger partial charge in [-0.15, -0.1) is 0 Å². The summed E-state index contributed by atoms with van der Waals surface area (Å²) in [5, 5.41) is 0. The second kappa shape index (κ2) is 7.98. The van der Waals surface area contributed by atoms with Gasteiger partial charge in [0.15, 0.2) is 0 Å². The molecule has 1 unspecified atom stereocenters. The summed E-state index contributed by atoms with van der Waals surface area (Å²) in [4.78, 5) is 30.7. The van der Waals surface area contributed by atoms with Crippen molar-refractivity contribution in [1.82, 2.24) is 9.80 Å². The molecule has 0 spiro atoms. The average Bonchev–Trinajstić information content (AvgIpc) is 2.99. The molecule has 0 N–H and O–H groups in total. The van der Waals surface area contributed by atoms with Gasteiger partial charge in [-0.2, -0.15) is 0 Å². The van der Waals surface area contributed by atoms with E-state index in [1.165, 1.54) is 12.8 Å². The molecule has 1 saturated carbocycles. The van der Waals surface area contributed by atoms with Crippen molar-refractivity contribution in [1.29, 1.82) is 0 Å². The van der Waals surface area contributed by atoms with Crippen LogP contribution in [-0.2, 0) is 9.59 Å². The van der Waals surface area contributed by atoms with Crippen molar-refractivity contribution in [2.24, 2.45) is 5.92 Å². The third-order valence-corrected chi connectivity index (χ3v) is 6.38. The highest BCUT2D eigenvalue weighted by Gasteiger charge is 2.45. The number of hydrogen-bond acceptors (Lipinski definition) is 4. The number of likely N-dealkylation sites (tertiary alicyclic amines) is 1. The molecule has 4 rings (SSSR count). The maximum Gasteiger partial charge on any atom is 0.278 e. The minimum Gasteiger partial charge on any atom is -0.497 e. The third-order valence-electron chi connectivity index (χ3n) is 6.38. The number of carbonyl (C=O) groups excluding carboxylic acids is 2. The lowest BCUT2D eigenvalue weighted by atomic mass is 9.94. The Kier molecular flexibility index (Phi) is 5.42. The van der Waals surface area contributed by atoms with Crippen molar-refractivity contribution in [3.8, 4) is 5.75 Å². The van der Waals surface area contributed by atoms with Gasteiger partial charge >= 0.3 is 0 Å². The Bertz CT molecular complexity index is 778. The third kappa shape index (κ3) is 3.43. The van der Waals surface area contributed by atoms with Crippen molar-refractivity contribution in [2.75, 3.05) is 20.2 Å². The quantitative estimate of drug-likeness (QED) is 0.743. The minimum absolute atomic E-state index is 0.0433. The summed E-state index contributed by atoms with van der Waals surface area (Å²) in [5.74, 6) is 1.08. The molecule has 1 saturated heterocycles. The number of nitrogens with zero attached hydrogens (tertiary/aromatic N) is 2. The monoisotopic (exact) mass is 382 g/mol. The first kappa shape index (κ1) is 19.0. The Morgan fingerprint density at radius 3 is 2.29 bits per heavy atom. The largest absolute Gasteiger partial charge is 0.497 e. The van der Waals surface area contributed by atoms with Crippen molar-refractivity contribution in [3.63, 3.8) is 0 Å². The maximum atomic E-state index is 13.5. The van der Waals surface area contributed by atoms with E-state index in [0.29, 0.717) is 17.2 Å². The summed E-state index contributed by atoms with van der Waals surface area (Å²) in [6, 6.07) is 7.56. The van der Waals surface area contributed by atoms with Crippen molar-refractivity contribution < 1.29 is 14.3 Å². The normalized spacial score (nSPS) is 24.3. The molecule has 1 atom stereocenters. The predicted octanol–water partition coefficient (Wildman–Crippen LogP) is 3.84. The first-order valence-corrected chi connectivity index (χ1v) is 10.6. The molecule has 2 fully saturated rings. The standard InChI is InChI=1S/C23H30N2O3/c1-16-7-6-14-24(15-16)21-20(17-10-12-19(28-2)13-11-17)22(26)25(23(21)27)18-8-4-3-5-9-18/h10-13,16,18H,3-9,14-15H2,1-2H3. The number of hydrogen-bond donors (Lipinski definition) is 0. The van der Waals surface area contributed by atoms with Gasteiger partial charge in [0.25, 0.3) is 11.8 Å². The molecule has 0 bridgehead atoms. The van der Waals surface area contributed by atoms with E-state index in [4.69, 9.17) is 4.74 Å². The lowest BCUT2D eigenvalue weighted by molar-refractivity contribution is -0.141. The highest BCUT2D eigenvalue weighted by Crippen LogP contribution is 2.37. The van der Waals surface area contributed by atoms with Crippen LogP contribution in [0.5, 0.6) is 5.75 Å². The minimum atomic E-state index is -0.115. The molecular formula is C23H30N2O3. The van der Waals surface area contributed by atoms with Crippen LogP contribution in [0, 0.1) is 5.92 Å². The molecule has 5 heteroatoms. The Hall–Kier alpha value is -2.30. The SMILES string of the molecule is COc1ccc(C2=C(N3CCCC(C)C3)C(=O)N(C3CCCCC3)C2=O)cc1. The van der Waals surface area contributed by atoms with Gasteiger partial charge in [0.05, 0.1) is 12.7 Å². The molecule has 2 aliphatic heterocycles. The molecule has 2 amide bonds. The summed E-state index contributed by atoms with van der Waals surface area (Å²) in [7, 11) is 1.63. The molecule has 1 aromatic rings. The molecule has 0 aromatic heterocycles. The number of methoxy groups -OCH3 is 1. The van der Waals surface area contributed by atoms with Crippen LogP contribution in [0.1, 0.15) is 57.4 Å². The Labute approximate surface area is 167 Å². The smallest absolute Gasteiger partial charge is 0.278 e. The Morgan fingerprint density at radius 2 is 1.64 bits per heavy atom. The van der Waals surface area contributed by atoms with Gasteiger partial charge in [-0.1, -0.05) is 38.3 Å². The number of rotatable bonds is 4. The highest BCUT2D eigenvalue weighted by molar-refractivity contribution is 6.35. The van der Waals surface area contributed by atoms with Crippen LogP contribution in [0.25, 0.3) is 5.57 Å². The van der Waals surface area contributed by atoms with Gasteiger partial charge in [-0.3, -0.25) is 14.5 Å². The summed E-state index contributed by atoms with van der Waals surface area (Å²) in [6.45, 7) is 3.91. The number of imide groups is 1. The van der Waals surface area contributed by atoms with Gasteiger partial charge in [0.2, 0.25) is 0 Å². The van der Waals surface area contributed by atoms with Crippen LogP contribution in [0.15, 0.2) is 30.0 Å². The first-order valence-electron chi connectivity index (χ1n) is 10.6. The summed E-state index contributed by atoms with van der Waals surface area (Å²) < 4.78 is 5.26. The molecule has 150 valence electrons. The van der Waals surface area contributed by atoms with Crippen LogP contribution in [-0.4, -0.2) is 47.9 Å². The summed E-state index contributed by atoms with van der Waals surface area (Å²) in [6.07, 6.45) is 7.48. The van der Waals surface area contributed by atoms with Gasteiger partial charge < -0.3 is 9.64 Å². The molecule has 28 heavy (non-hydrogen) atoms. The van der Waals surface area contributed by atoms with Gasteiger partial charge in [0.1, 0.15) is 11.4 Å². The first-order chi connectivity index (χ1) is 13.6. The zero-order valence-corrected chi connectivity index (χ0v) is 16.9. The molecule has 1 aromatic carbocycles. The van der Waals surface area contributed by atoms with Gasteiger partial charge in [0, 0.05) is 19.1 Å². The fraction of sp³-hybridized carbons (Fsp3) is 0.565. The maximum absolute atomic E-state index is 13.5. The highest BCUT2D eigenvalue weighted by atomic mass is 16.5. The Balaban J connectivity index is 1.74. The van der Waals surface area contributed by atoms with Crippen LogP contribution in [0.4, 0.5) is 0 Å². The van der Waals surface area contributed by atoms with E-state index in [2.05, 4.69) is 11.8 Å². The number of carbonyl (C=O) groups is 2. The van der Waals surface area contributed by atoms with Crippen molar-refractivity contribution in [3.05, 3.63) is 35.5 Å². The van der Waals surface area contributed by atoms with Crippen molar-refractivity contribution in [2.45, 2.75) is 57.9 Å². The van der Waals surface area contributed by atoms with E-state index in [-0.39, 0.29) is 17.9 Å². The number of ether oxygens (including phenoxy) is 1. The number of piperidine rings is 1. The molecular weight excluding hydrogens is 352 g/mol. The van der Waals surface area contributed by atoms with E-state index in [9.17, 15) is 9.59 Å². The lowest BCUT2D eigenvalue weighted by Crippen LogP contribution is -2.44. The molecule has 2 heterocycles. The van der Waals surface area contributed by atoms with E-state index < -0.39 is 0 Å². The molecule has 5 nitrogen and oxygen atoms in total. The van der Waals surface area contributed by atoms with Gasteiger partial charge in [-0.05, 0) is 49.3 Å². The van der Waals surface area contributed by atoms with Gasteiger partial charge in [-0.25, -0.2) is 0 Å². The second-order valence-corrected chi connectivity index (χ2v) is 8.42. The van der Waals surface area contributed by atoms with E-state index in [1.54, 1.807) is 12.0 Å². The van der Waals surface area contributed by atoms with E-state index >= 15 is 0 Å². The number of benzene rings is 1. The van der Waals surface area contributed by atoms with Crippen LogP contribution >= 0.6 is 0 Å². The molecule has 0 radical (unpaired) electrons. The van der Waals surface area contributed by atoms with Crippen LogP contribution in [0.2, 0.25) is 0 Å². The zero-order valence-electron chi connectivity index (χ0n) is 16.9. The topological polar surface area (TPSA) is 49.9 Å². The van der Waals surface area contributed by atoms with E-state index in [1.807, 2.05) is 24.3 Å². The van der Waals surface area contributed by atoms with Crippen molar-refractivity contribution >= 4 is 17.4 Å². The zero-order chi connectivity index (χ0) is 19.7. The van der Waals surface area contributed by atoms with E-state index in [0.717, 1.165) is 56.5 Å². The lowest BCUT2D eigenvalue weighted by Gasteiger charge is -2.34. The average molecular weight is 383 g/mol. The fourth-order valence-corrected chi connectivity index (χ4v) is 4.91. The predicted molar refractivity (Wildman–Crippen MR) is 109 cm³/mol. The summed E-state index contributed by atoms with van der Waals surface area (Å²) >= 11 is 0. The molecule has 1 aliphatic carbocycles. The second-order valence-electron chi connectivity index (χ2n) is 8.42. The summed E-state index contributed by atoms with van der Waals surface area (Å²) in [5.41, 5.74) is 2.00. The number of amides is 2. The van der Waals surface area contributed by atoms with Crippen LogP contribution < -0.4 is 4.74 Å².